The number of hydrogen-bond donors (Lipinski definition) is 1. The van der Waals surface area contributed by atoms with Gasteiger partial charge in [0.15, 0.2) is 0 Å². The molecular formula is C13H13N3O. The van der Waals surface area contributed by atoms with Crippen molar-refractivity contribution in [3.05, 3.63) is 48.2 Å². The summed E-state index contributed by atoms with van der Waals surface area (Å²) in [6.45, 7) is 2.04. The predicted molar refractivity (Wildman–Crippen MR) is 64.4 cm³/mol. The molecule has 0 saturated heterocycles. The maximum Gasteiger partial charge on any atom is 0.105 e. The standard InChI is InChI=1S/C13H13N3O/c1-10(7-12-3-2-6-17-12)16-13-9-15-5-4-11(13)8-14/h2-6,9-10,16H,7H2,1H3. The summed E-state index contributed by atoms with van der Waals surface area (Å²) in [4.78, 5) is 4.01. The van der Waals surface area contributed by atoms with Crippen LogP contribution in [0.15, 0.2) is 41.3 Å². The highest BCUT2D eigenvalue weighted by atomic mass is 16.3. The average molecular weight is 227 g/mol. The maximum absolute atomic E-state index is 8.95. The molecule has 1 atom stereocenters. The van der Waals surface area contributed by atoms with Crippen LogP contribution >= 0.6 is 0 Å². The molecule has 0 spiro atoms. The molecule has 86 valence electrons. The van der Waals surface area contributed by atoms with Crippen molar-refractivity contribution >= 4 is 5.69 Å². The van der Waals surface area contributed by atoms with Crippen molar-refractivity contribution in [2.24, 2.45) is 0 Å². The Labute approximate surface area is 99.9 Å². The Morgan fingerprint density at radius 1 is 1.53 bits per heavy atom. The minimum absolute atomic E-state index is 0.178. The fourth-order valence-corrected chi connectivity index (χ4v) is 1.65. The Morgan fingerprint density at radius 3 is 3.12 bits per heavy atom. The predicted octanol–water partition coefficient (Wildman–Crippen LogP) is 2.59. The van der Waals surface area contributed by atoms with Crippen LogP contribution in [0.4, 0.5) is 5.69 Å². The number of furan rings is 1. The molecule has 17 heavy (non-hydrogen) atoms. The lowest BCUT2D eigenvalue weighted by Gasteiger charge is -2.14. The zero-order chi connectivity index (χ0) is 12.1. The van der Waals surface area contributed by atoms with E-state index < -0.39 is 0 Å². The van der Waals surface area contributed by atoms with E-state index in [4.69, 9.17) is 9.68 Å². The lowest BCUT2D eigenvalue weighted by atomic mass is 10.1. The summed E-state index contributed by atoms with van der Waals surface area (Å²) >= 11 is 0. The van der Waals surface area contributed by atoms with E-state index in [1.54, 1.807) is 24.7 Å². The van der Waals surface area contributed by atoms with E-state index in [2.05, 4.69) is 16.4 Å². The summed E-state index contributed by atoms with van der Waals surface area (Å²) in [7, 11) is 0. The number of rotatable bonds is 4. The van der Waals surface area contributed by atoms with Gasteiger partial charge in [-0.2, -0.15) is 5.26 Å². The monoisotopic (exact) mass is 227 g/mol. The van der Waals surface area contributed by atoms with E-state index in [1.807, 2.05) is 19.1 Å². The lowest BCUT2D eigenvalue weighted by Crippen LogP contribution is -2.18. The van der Waals surface area contributed by atoms with E-state index in [0.29, 0.717) is 5.56 Å². The topological polar surface area (TPSA) is 61.9 Å². The van der Waals surface area contributed by atoms with Crippen LogP contribution in [-0.4, -0.2) is 11.0 Å². The third-order valence-electron chi connectivity index (χ3n) is 2.43. The zero-order valence-electron chi connectivity index (χ0n) is 9.55. The summed E-state index contributed by atoms with van der Waals surface area (Å²) in [6, 6.07) is 7.81. The van der Waals surface area contributed by atoms with Crippen molar-refractivity contribution in [3.63, 3.8) is 0 Å². The zero-order valence-corrected chi connectivity index (χ0v) is 9.55. The average Bonchev–Trinajstić information content (AvgIpc) is 2.82. The number of hydrogen-bond acceptors (Lipinski definition) is 4. The fourth-order valence-electron chi connectivity index (χ4n) is 1.65. The van der Waals surface area contributed by atoms with Gasteiger partial charge in [-0.3, -0.25) is 4.98 Å². The van der Waals surface area contributed by atoms with Gasteiger partial charge in [-0.05, 0) is 25.1 Å². The molecule has 1 unspecified atom stereocenters. The van der Waals surface area contributed by atoms with Crippen LogP contribution in [-0.2, 0) is 6.42 Å². The van der Waals surface area contributed by atoms with E-state index in [0.717, 1.165) is 17.9 Å². The second-order valence-corrected chi connectivity index (χ2v) is 3.86. The Kier molecular flexibility index (Phi) is 3.41. The molecule has 0 radical (unpaired) electrons. The second kappa shape index (κ2) is 5.17. The Bertz CT molecular complexity index is 514. The van der Waals surface area contributed by atoms with Crippen LogP contribution in [0.5, 0.6) is 0 Å². The summed E-state index contributed by atoms with van der Waals surface area (Å²) in [5, 5.41) is 12.2. The summed E-state index contributed by atoms with van der Waals surface area (Å²) < 4.78 is 5.28. The first-order chi connectivity index (χ1) is 8.29. The van der Waals surface area contributed by atoms with Gasteiger partial charge < -0.3 is 9.73 Å². The second-order valence-electron chi connectivity index (χ2n) is 3.86. The number of pyridine rings is 1. The first-order valence-corrected chi connectivity index (χ1v) is 5.42. The van der Waals surface area contributed by atoms with Gasteiger partial charge in [-0.15, -0.1) is 0 Å². The van der Waals surface area contributed by atoms with Gasteiger partial charge in [-0.25, -0.2) is 0 Å². The number of nitrogens with one attached hydrogen (secondary N) is 1. The molecule has 2 rings (SSSR count). The fraction of sp³-hybridized carbons (Fsp3) is 0.231. The third-order valence-corrected chi connectivity index (χ3v) is 2.43. The highest BCUT2D eigenvalue weighted by molar-refractivity contribution is 5.55. The van der Waals surface area contributed by atoms with Gasteiger partial charge in [0.2, 0.25) is 0 Å². The molecule has 0 aliphatic carbocycles. The summed E-state index contributed by atoms with van der Waals surface area (Å²) in [5.74, 6) is 0.924. The van der Waals surface area contributed by atoms with Crippen molar-refractivity contribution in [2.45, 2.75) is 19.4 Å². The Hall–Kier alpha value is -2.28. The van der Waals surface area contributed by atoms with E-state index in [1.165, 1.54) is 0 Å². The Morgan fingerprint density at radius 2 is 2.41 bits per heavy atom. The Balaban J connectivity index is 2.03. The highest BCUT2D eigenvalue weighted by Crippen LogP contribution is 2.15. The molecule has 0 aromatic carbocycles. The van der Waals surface area contributed by atoms with Crippen molar-refractivity contribution in [1.82, 2.24) is 4.98 Å². The van der Waals surface area contributed by atoms with Crippen LogP contribution < -0.4 is 5.32 Å². The van der Waals surface area contributed by atoms with Gasteiger partial charge in [0.25, 0.3) is 0 Å². The number of anilines is 1. The quantitative estimate of drug-likeness (QED) is 0.872. The first-order valence-electron chi connectivity index (χ1n) is 5.42. The molecule has 0 amide bonds. The van der Waals surface area contributed by atoms with Crippen molar-refractivity contribution in [3.8, 4) is 6.07 Å². The van der Waals surface area contributed by atoms with E-state index >= 15 is 0 Å². The first kappa shape index (κ1) is 11.2. The van der Waals surface area contributed by atoms with Crippen LogP contribution in [0.3, 0.4) is 0 Å². The SMILES string of the molecule is CC(Cc1ccco1)Nc1cnccc1C#N. The summed E-state index contributed by atoms with van der Waals surface area (Å²) in [6.07, 6.45) is 5.71. The molecule has 4 heteroatoms. The van der Waals surface area contributed by atoms with Crippen molar-refractivity contribution in [1.29, 1.82) is 5.26 Å². The van der Waals surface area contributed by atoms with Crippen LogP contribution in [0.1, 0.15) is 18.2 Å². The van der Waals surface area contributed by atoms with E-state index in [-0.39, 0.29) is 6.04 Å². The molecule has 1 N–H and O–H groups in total. The number of nitriles is 1. The van der Waals surface area contributed by atoms with Crippen LogP contribution in [0.25, 0.3) is 0 Å². The molecule has 0 fully saturated rings. The minimum Gasteiger partial charge on any atom is -0.469 e. The minimum atomic E-state index is 0.178. The molecule has 0 bridgehead atoms. The van der Waals surface area contributed by atoms with Crippen LogP contribution in [0, 0.1) is 11.3 Å². The van der Waals surface area contributed by atoms with Gasteiger partial charge in [0.05, 0.1) is 23.7 Å². The molecule has 2 heterocycles. The number of nitrogens with zero attached hydrogens (tertiary/aromatic N) is 2. The molecule has 0 saturated carbocycles. The highest BCUT2D eigenvalue weighted by Gasteiger charge is 2.08. The smallest absolute Gasteiger partial charge is 0.105 e. The normalized spacial score (nSPS) is 11.8. The molecule has 2 aromatic heterocycles. The third kappa shape index (κ3) is 2.85. The van der Waals surface area contributed by atoms with E-state index in [9.17, 15) is 0 Å². The molecular weight excluding hydrogens is 214 g/mol. The van der Waals surface area contributed by atoms with Gasteiger partial charge in [0, 0.05) is 18.7 Å². The van der Waals surface area contributed by atoms with Crippen molar-refractivity contribution in [2.75, 3.05) is 5.32 Å². The largest absolute Gasteiger partial charge is 0.469 e. The molecule has 4 nitrogen and oxygen atoms in total. The number of aromatic nitrogens is 1. The lowest BCUT2D eigenvalue weighted by molar-refractivity contribution is 0.498. The maximum atomic E-state index is 8.95. The summed E-state index contributed by atoms with van der Waals surface area (Å²) in [5.41, 5.74) is 1.36. The molecule has 0 aliphatic heterocycles. The molecule has 0 aliphatic rings. The van der Waals surface area contributed by atoms with Crippen molar-refractivity contribution < 1.29 is 4.42 Å². The van der Waals surface area contributed by atoms with Gasteiger partial charge in [-0.1, -0.05) is 0 Å². The van der Waals surface area contributed by atoms with Gasteiger partial charge in [0.1, 0.15) is 11.8 Å². The molecule has 2 aromatic rings. The van der Waals surface area contributed by atoms with Crippen LogP contribution in [0.2, 0.25) is 0 Å². The van der Waals surface area contributed by atoms with Gasteiger partial charge >= 0.3 is 0 Å².